The van der Waals surface area contributed by atoms with Gasteiger partial charge in [0.2, 0.25) is 0 Å². The Morgan fingerprint density at radius 2 is 1.87 bits per heavy atom. The molecule has 1 aromatic heterocycles. The zero-order valence-corrected chi connectivity index (χ0v) is 13.7. The summed E-state index contributed by atoms with van der Waals surface area (Å²) in [4.78, 5) is 11.5. The Morgan fingerprint density at radius 3 is 2.48 bits per heavy atom. The third-order valence-corrected chi connectivity index (χ3v) is 3.90. The van der Waals surface area contributed by atoms with Crippen molar-refractivity contribution >= 4 is 11.6 Å². The smallest absolute Gasteiger partial charge is 0.507 e. The van der Waals surface area contributed by atoms with Gasteiger partial charge in [0, 0.05) is 17.6 Å². The number of hydrogen-bond donors (Lipinski definition) is 0. The number of rotatable bonds is 3. The second-order valence-corrected chi connectivity index (χ2v) is 6.27. The topological polar surface area (TPSA) is 37.5 Å². The van der Waals surface area contributed by atoms with E-state index in [2.05, 4.69) is 35.9 Å². The minimum absolute atomic E-state index is 0. The van der Waals surface area contributed by atoms with E-state index in [-0.39, 0.29) is 30.4 Å². The summed E-state index contributed by atoms with van der Waals surface area (Å²) in [6.45, 7) is 4.81. The second-order valence-electron chi connectivity index (χ2n) is 6.27. The molecule has 1 saturated heterocycles. The first-order chi connectivity index (χ1) is 10.7. The normalized spacial score (nSPS) is 21.3. The first kappa shape index (κ1) is 16.0. The van der Waals surface area contributed by atoms with Gasteiger partial charge in [-0.05, 0) is 44.2 Å². The summed E-state index contributed by atoms with van der Waals surface area (Å²) in [6, 6.07) is 17.5. The van der Waals surface area contributed by atoms with Crippen LogP contribution in [0.25, 0.3) is 0 Å². The molecule has 4 rings (SSSR count). The number of hydrogen-bond acceptors (Lipinski definition) is 4. The van der Waals surface area contributed by atoms with E-state index in [1.54, 1.807) is 0 Å². The van der Waals surface area contributed by atoms with E-state index >= 15 is 0 Å². The molecule has 23 heavy (non-hydrogen) atoms. The molecule has 0 bridgehead atoms. The van der Waals surface area contributed by atoms with Gasteiger partial charge in [0.25, 0.3) is 0 Å². The van der Waals surface area contributed by atoms with Crippen molar-refractivity contribution in [2.75, 3.05) is 11.5 Å². The van der Waals surface area contributed by atoms with Crippen LogP contribution >= 0.6 is 0 Å². The number of para-hydroxylation sites is 1. The van der Waals surface area contributed by atoms with Gasteiger partial charge in [0.1, 0.15) is 6.61 Å². The molecule has 0 aliphatic carbocycles. The van der Waals surface area contributed by atoms with Crippen LogP contribution < -0.4 is 23.8 Å². The molecule has 0 radical (unpaired) electrons. The number of pyridine rings is 1. The SMILES string of the molecule is CC1(C)COC([C-]2[C@@H](c3ccccn3)N2c2ccccc2)=N1.[Li+]. The number of aromatic nitrogens is 1. The van der Waals surface area contributed by atoms with E-state index in [0.717, 1.165) is 23.3 Å². The quantitative estimate of drug-likeness (QED) is 0.467. The van der Waals surface area contributed by atoms with Crippen LogP contribution in [0.3, 0.4) is 0 Å². The van der Waals surface area contributed by atoms with Crippen molar-refractivity contribution in [2.45, 2.75) is 25.4 Å². The molecule has 2 aliphatic rings. The molecule has 2 aromatic rings. The van der Waals surface area contributed by atoms with Crippen molar-refractivity contribution in [3.05, 3.63) is 66.5 Å². The van der Waals surface area contributed by atoms with Crippen molar-refractivity contribution in [1.82, 2.24) is 4.98 Å². The molecule has 5 heteroatoms. The van der Waals surface area contributed by atoms with Crippen molar-refractivity contribution in [1.29, 1.82) is 0 Å². The van der Waals surface area contributed by atoms with Crippen LogP contribution in [0.4, 0.5) is 5.69 Å². The van der Waals surface area contributed by atoms with Crippen molar-refractivity contribution in [2.24, 2.45) is 4.99 Å². The van der Waals surface area contributed by atoms with Crippen molar-refractivity contribution in [3.63, 3.8) is 0 Å². The van der Waals surface area contributed by atoms with E-state index in [0.29, 0.717) is 6.61 Å². The predicted octanol–water partition coefficient (Wildman–Crippen LogP) is 0.386. The maximum atomic E-state index is 5.84. The van der Waals surface area contributed by atoms with E-state index in [4.69, 9.17) is 9.73 Å². The molecular formula is C18H18LiN3O. The van der Waals surface area contributed by atoms with Gasteiger partial charge in [-0.1, -0.05) is 24.3 Å². The van der Waals surface area contributed by atoms with Crippen molar-refractivity contribution in [3.8, 4) is 0 Å². The molecule has 1 atom stereocenters. The standard InChI is InChI=1S/C18H18N3O.Li/c1-18(2)12-22-17(20-18)16-15(14-10-6-7-11-19-14)21(16)13-8-4-3-5-9-13;/h3-11,15H,12H2,1-2H3;/q-1;+1/t15-,21?;/m1./s1. The Balaban J connectivity index is 0.00000156. The zero-order valence-electron chi connectivity index (χ0n) is 13.7. The molecule has 112 valence electrons. The molecule has 0 amide bonds. The summed E-state index contributed by atoms with van der Waals surface area (Å²) in [6.07, 6.45) is 1.83. The Morgan fingerprint density at radius 1 is 1.13 bits per heavy atom. The number of aliphatic imine (C=N–C) groups is 1. The fourth-order valence-electron chi connectivity index (χ4n) is 2.82. The average molecular weight is 299 g/mol. The fourth-order valence-corrected chi connectivity index (χ4v) is 2.82. The van der Waals surface area contributed by atoms with Gasteiger partial charge in [-0.2, -0.15) is 6.04 Å². The molecule has 1 fully saturated rings. The molecule has 4 nitrogen and oxygen atoms in total. The summed E-state index contributed by atoms with van der Waals surface area (Å²) in [7, 11) is 0. The van der Waals surface area contributed by atoms with Crippen LogP contribution in [-0.4, -0.2) is 23.0 Å². The van der Waals surface area contributed by atoms with Crippen LogP contribution in [0.1, 0.15) is 25.6 Å². The average Bonchev–Trinajstić information content (AvgIpc) is 3.19. The maximum Gasteiger partial charge on any atom is 1.00 e. The molecule has 0 spiro atoms. The van der Waals surface area contributed by atoms with Crippen LogP contribution in [0.2, 0.25) is 0 Å². The van der Waals surface area contributed by atoms with Gasteiger partial charge in [-0.3, -0.25) is 9.98 Å². The fraction of sp³-hybridized carbons (Fsp3) is 0.278. The van der Waals surface area contributed by atoms with E-state index in [9.17, 15) is 0 Å². The Kier molecular flexibility index (Phi) is 4.14. The third kappa shape index (κ3) is 2.97. The molecule has 0 saturated carbocycles. The summed E-state index contributed by atoms with van der Waals surface area (Å²) in [5, 5.41) is 0. The molecule has 0 unspecified atom stereocenters. The summed E-state index contributed by atoms with van der Waals surface area (Å²) < 4.78 is 5.84. The molecule has 1 aromatic carbocycles. The van der Waals surface area contributed by atoms with E-state index < -0.39 is 0 Å². The van der Waals surface area contributed by atoms with E-state index in [1.165, 1.54) is 0 Å². The molecular weight excluding hydrogens is 281 g/mol. The predicted molar refractivity (Wildman–Crippen MR) is 86.6 cm³/mol. The number of nitrogens with zero attached hydrogens (tertiary/aromatic N) is 3. The largest absolute Gasteiger partial charge is 1.00 e. The van der Waals surface area contributed by atoms with Gasteiger partial charge in [-0.25, -0.2) is 0 Å². The number of benzene rings is 1. The first-order valence-corrected chi connectivity index (χ1v) is 7.51. The van der Waals surface area contributed by atoms with Crippen molar-refractivity contribution < 1.29 is 23.6 Å². The third-order valence-electron chi connectivity index (χ3n) is 3.90. The van der Waals surface area contributed by atoms with Crippen LogP contribution in [0.5, 0.6) is 0 Å². The summed E-state index contributed by atoms with van der Waals surface area (Å²) in [5.41, 5.74) is 2.02. The van der Waals surface area contributed by atoms with Gasteiger partial charge in [0.05, 0.1) is 11.4 Å². The van der Waals surface area contributed by atoms with Crippen LogP contribution in [0, 0.1) is 6.04 Å². The molecule has 0 N–H and O–H groups in total. The Bertz CT molecular complexity index is 657. The van der Waals surface area contributed by atoms with Gasteiger partial charge in [0.15, 0.2) is 0 Å². The number of anilines is 1. The maximum absolute atomic E-state index is 5.84. The second kappa shape index (κ2) is 5.96. The van der Waals surface area contributed by atoms with Gasteiger partial charge >= 0.3 is 18.9 Å². The molecule has 3 heterocycles. The Hall–Kier alpha value is -1.89. The van der Waals surface area contributed by atoms with Gasteiger partial charge in [-0.15, -0.1) is 0 Å². The van der Waals surface area contributed by atoms with Crippen LogP contribution in [0.15, 0.2) is 59.7 Å². The van der Waals surface area contributed by atoms with E-state index in [1.807, 2.05) is 42.6 Å². The minimum atomic E-state index is -0.151. The van der Waals surface area contributed by atoms with Crippen LogP contribution in [-0.2, 0) is 4.74 Å². The first-order valence-electron chi connectivity index (χ1n) is 7.51. The minimum Gasteiger partial charge on any atom is -0.507 e. The molecule has 2 aliphatic heterocycles. The monoisotopic (exact) mass is 299 g/mol. The van der Waals surface area contributed by atoms with Gasteiger partial charge < -0.3 is 9.64 Å². The summed E-state index contributed by atoms with van der Waals surface area (Å²) >= 11 is 0. The number of ether oxygens (including phenoxy) is 1. The summed E-state index contributed by atoms with van der Waals surface area (Å²) in [5.74, 6) is 0.754. The Labute approximate surface area is 148 Å². The zero-order chi connectivity index (χ0) is 15.2.